The summed E-state index contributed by atoms with van der Waals surface area (Å²) >= 11 is 2.71. The number of carbonyl (C=O) groups is 5. The number of aryl methyl sites for hydroxylation is 1. The summed E-state index contributed by atoms with van der Waals surface area (Å²) in [5.74, 6) is -2.78. The van der Waals surface area contributed by atoms with Crippen molar-refractivity contribution in [2.75, 3.05) is 47.6 Å². The number of thioether (sulfide) groups is 3. The van der Waals surface area contributed by atoms with Gasteiger partial charge in [-0.05, 0) is 56.7 Å². The highest BCUT2D eigenvalue weighted by Crippen LogP contribution is 2.71. The van der Waals surface area contributed by atoms with E-state index in [9.17, 15) is 24.0 Å². The molecule has 1 amide bonds. The molecule has 51 heavy (non-hydrogen) atoms. The van der Waals surface area contributed by atoms with Crippen LogP contribution in [-0.2, 0) is 42.9 Å². The number of amides is 1. The van der Waals surface area contributed by atoms with Crippen molar-refractivity contribution in [3.8, 4) is 11.5 Å². The Hall–Kier alpha value is -4.60. The van der Waals surface area contributed by atoms with Gasteiger partial charge in [0.15, 0.2) is 11.5 Å². The third-order valence-electron chi connectivity index (χ3n) is 8.34. The molecule has 0 saturated carbocycles. The second-order valence-corrected chi connectivity index (χ2v) is 15.4. The van der Waals surface area contributed by atoms with Gasteiger partial charge in [0, 0.05) is 22.1 Å². The monoisotopic (exact) mass is 753 g/mol. The molecule has 0 saturated heterocycles. The van der Waals surface area contributed by atoms with Crippen molar-refractivity contribution in [3.63, 3.8) is 0 Å². The van der Waals surface area contributed by atoms with E-state index in [4.69, 9.17) is 28.4 Å². The normalized spacial score (nSPS) is 17.2. The molecule has 15 heteroatoms. The Bertz CT molecular complexity index is 1960. The van der Waals surface area contributed by atoms with Crippen LogP contribution in [0.5, 0.6) is 11.5 Å². The zero-order valence-electron chi connectivity index (χ0n) is 29.3. The number of rotatable bonds is 8. The van der Waals surface area contributed by atoms with Gasteiger partial charge in [-0.2, -0.15) is 0 Å². The Morgan fingerprint density at radius 2 is 1.27 bits per heavy atom. The fourth-order valence-electron chi connectivity index (χ4n) is 6.02. The number of carbonyl (C=O) groups excluding carboxylic acids is 5. The van der Waals surface area contributed by atoms with Crippen molar-refractivity contribution in [3.05, 3.63) is 84.4 Å². The predicted molar refractivity (Wildman–Crippen MR) is 196 cm³/mol. The highest BCUT2D eigenvalue weighted by atomic mass is 32.2. The summed E-state index contributed by atoms with van der Waals surface area (Å²) in [6.07, 6.45) is 3.09. The molecule has 0 radical (unpaired) electrons. The van der Waals surface area contributed by atoms with Gasteiger partial charge < -0.3 is 28.4 Å². The molecule has 0 fully saturated rings. The van der Waals surface area contributed by atoms with E-state index >= 15 is 0 Å². The number of anilines is 1. The summed E-state index contributed by atoms with van der Waals surface area (Å²) in [5.41, 5.74) is 1.68. The SMILES string of the molecule is COC(=O)C1=C(C(=O)OC)SC2(S1)C(C(=O)OC)=C(C(=O)OC)SC1=C2c2cc(C)ccc2N(C(=O)C=Cc2ccc(OC)c(OC)c2)C1(C)C. The first-order valence-electron chi connectivity index (χ1n) is 15.2. The van der Waals surface area contributed by atoms with Crippen LogP contribution >= 0.6 is 35.3 Å². The number of hydrogen-bond acceptors (Lipinski definition) is 14. The van der Waals surface area contributed by atoms with Gasteiger partial charge in [-0.1, -0.05) is 53.0 Å². The molecule has 0 aromatic heterocycles. The van der Waals surface area contributed by atoms with E-state index in [-0.39, 0.29) is 26.2 Å². The van der Waals surface area contributed by atoms with Crippen LogP contribution in [0.1, 0.15) is 30.5 Å². The summed E-state index contributed by atoms with van der Waals surface area (Å²) in [5, 5.41) is 0. The first kappa shape index (κ1) is 37.7. The number of ether oxygens (including phenoxy) is 6. The van der Waals surface area contributed by atoms with Crippen molar-refractivity contribution in [2.45, 2.75) is 30.4 Å². The largest absolute Gasteiger partial charge is 0.493 e. The Balaban J connectivity index is 1.79. The Labute approximate surface area is 307 Å². The van der Waals surface area contributed by atoms with Crippen molar-refractivity contribution in [1.82, 2.24) is 0 Å². The average molecular weight is 754 g/mol. The molecular weight excluding hydrogens is 719 g/mol. The standard InChI is InChI=1S/C36H35NO11S3/c1-18-10-13-21-20(16-18)25-30(35(2,3)37(21)24(38)15-12-19-11-14-22(43-4)23(17-19)44-5)49-27(32(40)46-7)26(31(39)45-6)36(25)50-28(33(41)47-8)29(51-36)34(42)48-9/h10-17H,1-9H3. The van der Waals surface area contributed by atoms with Crippen LogP contribution in [0.4, 0.5) is 5.69 Å². The number of nitrogens with zero attached hydrogens (tertiary/aromatic N) is 1. The lowest BCUT2D eigenvalue weighted by Crippen LogP contribution is -2.53. The number of esters is 4. The molecule has 1 spiro atoms. The summed E-state index contributed by atoms with van der Waals surface area (Å²) < 4.78 is 29.6. The molecule has 5 rings (SSSR count). The molecule has 0 N–H and O–H groups in total. The second-order valence-electron chi connectivity index (χ2n) is 11.7. The lowest BCUT2D eigenvalue weighted by atomic mass is 9.83. The molecule has 0 bridgehead atoms. The highest BCUT2D eigenvalue weighted by Gasteiger charge is 2.61. The van der Waals surface area contributed by atoms with Gasteiger partial charge in [0.05, 0.1) is 59.5 Å². The van der Waals surface area contributed by atoms with Gasteiger partial charge in [-0.25, -0.2) is 19.2 Å². The van der Waals surface area contributed by atoms with E-state index in [1.807, 2.05) is 32.9 Å². The van der Waals surface area contributed by atoms with Crippen molar-refractivity contribution in [1.29, 1.82) is 0 Å². The van der Waals surface area contributed by atoms with Crippen molar-refractivity contribution in [2.24, 2.45) is 0 Å². The molecule has 3 heterocycles. The minimum Gasteiger partial charge on any atom is -0.493 e. The predicted octanol–water partition coefficient (Wildman–Crippen LogP) is 5.64. The number of benzene rings is 2. The van der Waals surface area contributed by atoms with E-state index in [0.717, 1.165) is 40.8 Å². The number of methoxy groups -OCH3 is 6. The molecule has 12 nitrogen and oxygen atoms in total. The third-order valence-corrected chi connectivity index (χ3v) is 13.0. The summed E-state index contributed by atoms with van der Waals surface area (Å²) in [4.78, 5) is 70.0. The average Bonchev–Trinajstić information content (AvgIpc) is 3.52. The van der Waals surface area contributed by atoms with E-state index in [1.165, 1.54) is 48.7 Å². The lowest BCUT2D eigenvalue weighted by molar-refractivity contribution is -0.138. The zero-order chi connectivity index (χ0) is 37.4. The summed E-state index contributed by atoms with van der Waals surface area (Å²) in [6, 6.07) is 10.8. The molecule has 0 unspecified atom stereocenters. The Morgan fingerprint density at radius 3 is 1.82 bits per heavy atom. The molecule has 0 atom stereocenters. The summed E-state index contributed by atoms with van der Waals surface area (Å²) in [6.45, 7) is 5.49. The molecule has 0 aliphatic carbocycles. The molecule has 268 valence electrons. The van der Waals surface area contributed by atoms with Gasteiger partial charge in [0.2, 0.25) is 0 Å². The van der Waals surface area contributed by atoms with Crippen LogP contribution < -0.4 is 14.4 Å². The van der Waals surface area contributed by atoms with Crippen molar-refractivity contribution < 1.29 is 52.4 Å². The first-order chi connectivity index (χ1) is 24.2. The maximum Gasteiger partial charge on any atom is 0.345 e. The first-order valence-corrected chi connectivity index (χ1v) is 17.7. The minimum atomic E-state index is -1.67. The lowest BCUT2D eigenvalue weighted by Gasteiger charge is -2.50. The quantitative estimate of drug-likeness (QED) is 0.186. The summed E-state index contributed by atoms with van der Waals surface area (Å²) in [7, 11) is 7.73. The van der Waals surface area contributed by atoms with E-state index < -0.39 is 33.5 Å². The van der Waals surface area contributed by atoms with Crippen LogP contribution in [0.15, 0.2) is 67.7 Å². The van der Waals surface area contributed by atoms with E-state index in [1.54, 1.807) is 35.2 Å². The molecular formula is C36H35NO11S3. The Morgan fingerprint density at radius 1 is 0.706 bits per heavy atom. The van der Waals surface area contributed by atoms with Gasteiger partial charge in [0.25, 0.3) is 5.91 Å². The van der Waals surface area contributed by atoms with Crippen LogP contribution in [0.3, 0.4) is 0 Å². The van der Waals surface area contributed by atoms with E-state index in [2.05, 4.69) is 0 Å². The van der Waals surface area contributed by atoms with Crippen molar-refractivity contribution >= 4 is 82.4 Å². The smallest absolute Gasteiger partial charge is 0.345 e. The van der Waals surface area contributed by atoms with E-state index in [0.29, 0.717) is 38.8 Å². The molecule has 3 aliphatic rings. The van der Waals surface area contributed by atoms with Crippen LogP contribution in [0.25, 0.3) is 11.6 Å². The topological polar surface area (TPSA) is 144 Å². The maximum atomic E-state index is 14.4. The zero-order valence-corrected chi connectivity index (χ0v) is 31.7. The van der Waals surface area contributed by atoms with Gasteiger partial charge in [-0.15, -0.1) is 0 Å². The molecule has 2 aromatic rings. The fraction of sp³-hybridized carbons (Fsp3) is 0.306. The van der Waals surface area contributed by atoms with Crippen LogP contribution in [0, 0.1) is 6.92 Å². The number of fused-ring (bicyclic) bond motifs is 3. The minimum absolute atomic E-state index is 0.123. The van der Waals surface area contributed by atoms with Gasteiger partial charge in [-0.3, -0.25) is 9.69 Å². The van der Waals surface area contributed by atoms with Gasteiger partial charge in [0.1, 0.15) is 18.8 Å². The van der Waals surface area contributed by atoms with Crippen LogP contribution in [-0.4, -0.2) is 82.1 Å². The molecule has 2 aromatic carbocycles. The highest BCUT2D eigenvalue weighted by molar-refractivity contribution is 8.26. The van der Waals surface area contributed by atoms with Crippen LogP contribution in [0.2, 0.25) is 0 Å². The van der Waals surface area contributed by atoms with Gasteiger partial charge >= 0.3 is 23.9 Å². The molecule has 3 aliphatic heterocycles. The number of hydrogen-bond donors (Lipinski definition) is 0. The second kappa shape index (κ2) is 14.6. The fourth-order valence-corrected chi connectivity index (χ4v) is 11.1. The Kier molecular flexibility index (Phi) is 10.7. The maximum absolute atomic E-state index is 14.4. The third kappa shape index (κ3) is 6.31.